The summed E-state index contributed by atoms with van der Waals surface area (Å²) in [5.41, 5.74) is 0.612. The maximum atomic E-state index is 12.7. The highest BCUT2D eigenvalue weighted by Crippen LogP contribution is 2.31. The third kappa shape index (κ3) is 3.56. The summed E-state index contributed by atoms with van der Waals surface area (Å²) in [6, 6.07) is 16.0. The highest BCUT2D eigenvalue weighted by atomic mass is 79.9. The Morgan fingerprint density at radius 2 is 1.92 bits per heavy atom. The molecular weight excluding hydrogens is 384 g/mol. The van der Waals surface area contributed by atoms with E-state index in [1.165, 1.54) is 0 Å². The van der Waals surface area contributed by atoms with Crippen LogP contribution in [0.3, 0.4) is 0 Å². The lowest BCUT2D eigenvalue weighted by molar-refractivity contribution is 0.0731. The van der Waals surface area contributed by atoms with E-state index in [1.54, 1.807) is 24.3 Å². The Labute approximate surface area is 153 Å². The van der Waals surface area contributed by atoms with Gasteiger partial charge in [0.15, 0.2) is 6.29 Å². The van der Waals surface area contributed by atoms with E-state index >= 15 is 0 Å². The van der Waals surface area contributed by atoms with Gasteiger partial charge in [-0.1, -0.05) is 46.3 Å². The monoisotopic (exact) mass is 398 g/mol. The van der Waals surface area contributed by atoms with Gasteiger partial charge >= 0.3 is 5.97 Å². The number of fused-ring (bicyclic) bond motifs is 1. The zero-order valence-electron chi connectivity index (χ0n) is 13.5. The van der Waals surface area contributed by atoms with Crippen LogP contribution in [0.15, 0.2) is 59.1 Å². The number of aldehydes is 1. The summed E-state index contributed by atoms with van der Waals surface area (Å²) in [6.45, 7) is 2.27. The molecule has 126 valence electrons. The van der Waals surface area contributed by atoms with Gasteiger partial charge in [-0.25, -0.2) is 4.79 Å². The molecule has 0 saturated carbocycles. The molecule has 25 heavy (non-hydrogen) atoms. The molecule has 0 amide bonds. The molecule has 0 heterocycles. The minimum atomic E-state index is -0.579. The number of ether oxygens (including phenoxy) is 2. The predicted octanol–water partition coefficient (Wildman–Crippen LogP) is 5.03. The topological polar surface area (TPSA) is 52.6 Å². The Morgan fingerprint density at radius 1 is 1.12 bits per heavy atom. The van der Waals surface area contributed by atoms with Crippen molar-refractivity contribution in [2.24, 2.45) is 0 Å². The fraction of sp³-hybridized carbons (Fsp3) is 0.100. The lowest BCUT2D eigenvalue weighted by Gasteiger charge is -2.13. The minimum Gasteiger partial charge on any atom is -0.493 e. The Balaban J connectivity index is 2.06. The second-order valence-electron chi connectivity index (χ2n) is 5.29. The van der Waals surface area contributed by atoms with Crippen molar-refractivity contribution < 1.29 is 19.1 Å². The van der Waals surface area contributed by atoms with Crippen molar-refractivity contribution in [2.45, 2.75) is 6.92 Å². The lowest BCUT2D eigenvalue weighted by Crippen LogP contribution is -2.12. The van der Waals surface area contributed by atoms with Crippen LogP contribution in [0.1, 0.15) is 27.6 Å². The molecule has 0 spiro atoms. The summed E-state index contributed by atoms with van der Waals surface area (Å²) in [4.78, 5) is 24.1. The Morgan fingerprint density at radius 3 is 2.68 bits per heavy atom. The van der Waals surface area contributed by atoms with Crippen LogP contribution in [0.4, 0.5) is 0 Å². The highest BCUT2D eigenvalue weighted by molar-refractivity contribution is 9.10. The Kier molecular flexibility index (Phi) is 5.14. The van der Waals surface area contributed by atoms with Crippen molar-refractivity contribution in [2.75, 3.05) is 6.61 Å². The van der Waals surface area contributed by atoms with E-state index in [0.717, 1.165) is 9.86 Å². The zero-order chi connectivity index (χ0) is 17.8. The van der Waals surface area contributed by atoms with Crippen LogP contribution in [0.5, 0.6) is 11.5 Å². The second kappa shape index (κ2) is 7.49. The molecule has 0 aromatic heterocycles. The van der Waals surface area contributed by atoms with E-state index in [2.05, 4.69) is 15.9 Å². The SMILES string of the molecule is CCOc1ccc(Br)cc1C(=O)Oc1c(C=O)ccc2ccccc12. The smallest absolute Gasteiger partial charge is 0.347 e. The molecule has 0 aliphatic carbocycles. The molecule has 0 radical (unpaired) electrons. The van der Waals surface area contributed by atoms with Crippen molar-refractivity contribution in [1.82, 2.24) is 0 Å². The van der Waals surface area contributed by atoms with Crippen molar-refractivity contribution in [3.8, 4) is 11.5 Å². The summed E-state index contributed by atoms with van der Waals surface area (Å²) in [5, 5.41) is 1.59. The molecular formula is C20H15BrO4. The summed E-state index contributed by atoms with van der Waals surface area (Å²) in [7, 11) is 0. The van der Waals surface area contributed by atoms with Crippen LogP contribution in [-0.2, 0) is 0 Å². The fourth-order valence-electron chi connectivity index (χ4n) is 2.56. The quantitative estimate of drug-likeness (QED) is 0.343. The average Bonchev–Trinajstić information content (AvgIpc) is 2.63. The summed E-state index contributed by atoms with van der Waals surface area (Å²) in [5.74, 6) is 0.105. The first-order valence-electron chi connectivity index (χ1n) is 7.75. The molecule has 0 aliphatic heterocycles. The predicted molar refractivity (Wildman–Crippen MR) is 99.6 cm³/mol. The molecule has 0 unspecified atom stereocenters. The van der Waals surface area contributed by atoms with Gasteiger partial charge in [-0.3, -0.25) is 4.79 Å². The molecule has 3 rings (SSSR count). The first-order valence-corrected chi connectivity index (χ1v) is 8.54. The number of benzene rings is 3. The molecule has 0 saturated heterocycles. The molecule has 4 nitrogen and oxygen atoms in total. The fourth-order valence-corrected chi connectivity index (χ4v) is 2.92. The van der Waals surface area contributed by atoms with Crippen LogP contribution >= 0.6 is 15.9 Å². The number of hydrogen-bond acceptors (Lipinski definition) is 4. The molecule has 0 atom stereocenters. The van der Waals surface area contributed by atoms with Gasteiger partial charge in [-0.15, -0.1) is 0 Å². The first-order chi connectivity index (χ1) is 12.1. The van der Waals surface area contributed by atoms with Gasteiger partial charge in [0, 0.05) is 9.86 Å². The van der Waals surface area contributed by atoms with Crippen LogP contribution in [-0.4, -0.2) is 18.9 Å². The van der Waals surface area contributed by atoms with E-state index < -0.39 is 5.97 Å². The number of rotatable bonds is 5. The van der Waals surface area contributed by atoms with Crippen LogP contribution < -0.4 is 9.47 Å². The average molecular weight is 399 g/mol. The normalized spacial score (nSPS) is 10.5. The number of esters is 1. The Bertz CT molecular complexity index is 950. The van der Waals surface area contributed by atoms with Gasteiger partial charge in [0.1, 0.15) is 17.1 Å². The lowest BCUT2D eigenvalue weighted by atomic mass is 10.1. The Hall–Kier alpha value is -2.66. The standard InChI is InChI=1S/C20H15BrO4/c1-2-24-18-10-9-15(21)11-17(18)20(23)25-19-14(12-22)8-7-13-5-3-4-6-16(13)19/h3-12H,2H2,1H3. The number of carbonyl (C=O) groups excluding carboxylic acids is 2. The van der Waals surface area contributed by atoms with E-state index in [1.807, 2.05) is 37.3 Å². The summed E-state index contributed by atoms with van der Waals surface area (Å²) in [6.07, 6.45) is 0.680. The number of halogens is 1. The molecule has 5 heteroatoms. The molecule has 0 fully saturated rings. The van der Waals surface area contributed by atoms with Crippen LogP contribution in [0.2, 0.25) is 0 Å². The van der Waals surface area contributed by atoms with E-state index in [0.29, 0.717) is 35.2 Å². The van der Waals surface area contributed by atoms with Crippen molar-refractivity contribution in [3.63, 3.8) is 0 Å². The third-order valence-electron chi connectivity index (χ3n) is 3.69. The third-order valence-corrected chi connectivity index (χ3v) is 4.19. The summed E-state index contributed by atoms with van der Waals surface area (Å²) >= 11 is 3.35. The van der Waals surface area contributed by atoms with Gasteiger partial charge in [0.25, 0.3) is 0 Å². The van der Waals surface area contributed by atoms with E-state index in [-0.39, 0.29) is 5.75 Å². The van der Waals surface area contributed by atoms with Crippen LogP contribution in [0.25, 0.3) is 10.8 Å². The van der Waals surface area contributed by atoms with Crippen molar-refractivity contribution in [3.05, 3.63) is 70.2 Å². The molecule has 3 aromatic rings. The van der Waals surface area contributed by atoms with E-state index in [9.17, 15) is 9.59 Å². The highest BCUT2D eigenvalue weighted by Gasteiger charge is 2.19. The number of carbonyl (C=O) groups is 2. The zero-order valence-corrected chi connectivity index (χ0v) is 15.1. The van der Waals surface area contributed by atoms with Gasteiger partial charge < -0.3 is 9.47 Å². The van der Waals surface area contributed by atoms with Gasteiger partial charge in [0.2, 0.25) is 0 Å². The van der Waals surface area contributed by atoms with Gasteiger partial charge in [-0.05, 0) is 36.6 Å². The van der Waals surface area contributed by atoms with E-state index in [4.69, 9.17) is 9.47 Å². The van der Waals surface area contributed by atoms with Crippen molar-refractivity contribution >= 4 is 39.0 Å². The summed E-state index contributed by atoms with van der Waals surface area (Å²) < 4.78 is 11.8. The van der Waals surface area contributed by atoms with Crippen LogP contribution in [0, 0.1) is 0 Å². The molecule has 3 aromatic carbocycles. The van der Waals surface area contributed by atoms with Gasteiger partial charge in [-0.2, -0.15) is 0 Å². The second-order valence-corrected chi connectivity index (χ2v) is 6.20. The first kappa shape index (κ1) is 17.2. The minimum absolute atomic E-state index is 0.250. The molecule has 0 N–H and O–H groups in total. The maximum absolute atomic E-state index is 12.7. The molecule has 0 bridgehead atoms. The number of hydrogen-bond donors (Lipinski definition) is 0. The van der Waals surface area contributed by atoms with Gasteiger partial charge in [0.05, 0.1) is 12.2 Å². The van der Waals surface area contributed by atoms with Crippen molar-refractivity contribution in [1.29, 1.82) is 0 Å². The maximum Gasteiger partial charge on any atom is 0.347 e. The largest absolute Gasteiger partial charge is 0.493 e. The molecule has 0 aliphatic rings.